The predicted molar refractivity (Wildman–Crippen MR) is 71.1 cm³/mol. The smallest absolute Gasteiger partial charge is 0.0722 e. The maximum atomic E-state index is 13.6. The van der Waals surface area contributed by atoms with Crippen LogP contribution in [0.1, 0.15) is 16.5 Å². The third-order valence-corrected chi connectivity index (χ3v) is 4.02. The number of thiophene rings is 1. The molecule has 0 fully saturated rings. The van der Waals surface area contributed by atoms with Crippen LogP contribution >= 0.6 is 11.3 Å². The first kappa shape index (κ1) is 14.8. The molecule has 3 rings (SSSR count). The summed E-state index contributed by atoms with van der Waals surface area (Å²) in [5.41, 5.74) is 0.268. The molecule has 93 valence electrons. The summed E-state index contributed by atoms with van der Waals surface area (Å²) in [4.78, 5) is 0.745. The van der Waals surface area contributed by atoms with Gasteiger partial charge in [-0.25, -0.2) is 4.39 Å². The topological polar surface area (TPSA) is 20.2 Å². The number of rotatable bonds is 2. The van der Waals surface area contributed by atoms with Gasteiger partial charge in [-0.3, -0.25) is 0 Å². The molecule has 0 bridgehead atoms. The van der Waals surface area contributed by atoms with Gasteiger partial charge in [0.25, 0.3) is 0 Å². The average molecular weight is 346 g/mol. The van der Waals surface area contributed by atoms with Gasteiger partial charge < -0.3 is 5.11 Å². The van der Waals surface area contributed by atoms with Crippen LogP contribution in [0.5, 0.6) is 0 Å². The molecular formula is C15H10FOSY-. The molecule has 1 nitrogen and oxygen atoms in total. The van der Waals surface area contributed by atoms with Crippen molar-refractivity contribution in [2.24, 2.45) is 0 Å². The number of benzene rings is 2. The Balaban J connectivity index is 0.00000133. The summed E-state index contributed by atoms with van der Waals surface area (Å²) in [6.07, 6.45) is -0.931. The zero-order chi connectivity index (χ0) is 12.5. The Morgan fingerprint density at radius 2 is 2.00 bits per heavy atom. The number of hydrogen-bond acceptors (Lipinski definition) is 2. The van der Waals surface area contributed by atoms with E-state index in [1.807, 2.05) is 30.3 Å². The molecule has 1 aromatic heterocycles. The fourth-order valence-corrected chi connectivity index (χ4v) is 2.99. The first-order valence-corrected chi connectivity index (χ1v) is 6.39. The van der Waals surface area contributed by atoms with Gasteiger partial charge in [0.05, 0.1) is 6.10 Å². The molecule has 1 atom stereocenters. The minimum absolute atomic E-state index is 0. The standard InChI is InChI=1S/C15H10FOS.Y/c16-12-7-3-2-6-11(12)15(17)14-9-10-5-1-4-8-13(10)18-14;/h1,3-9,15,17H;/q-1;. The summed E-state index contributed by atoms with van der Waals surface area (Å²) in [6.45, 7) is 0. The van der Waals surface area contributed by atoms with Gasteiger partial charge in [0, 0.05) is 48.1 Å². The van der Waals surface area contributed by atoms with E-state index in [1.54, 1.807) is 0 Å². The minimum atomic E-state index is -0.931. The molecule has 0 aliphatic heterocycles. The van der Waals surface area contributed by atoms with Crippen molar-refractivity contribution >= 4 is 21.4 Å². The Bertz CT molecular complexity index is 662. The summed E-state index contributed by atoms with van der Waals surface area (Å²) in [5.74, 6) is -0.404. The fraction of sp³-hybridized carbons (Fsp3) is 0.0667. The van der Waals surface area contributed by atoms with Crippen molar-refractivity contribution < 1.29 is 42.2 Å². The monoisotopic (exact) mass is 346 g/mol. The molecule has 1 heterocycles. The molecular weight excluding hydrogens is 336 g/mol. The van der Waals surface area contributed by atoms with Gasteiger partial charge >= 0.3 is 0 Å². The molecule has 0 saturated heterocycles. The van der Waals surface area contributed by atoms with Crippen LogP contribution in [-0.4, -0.2) is 5.11 Å². The third kappa shape index (κ3) is 2.95. The van der Waals surface area contributed by atoms with Crippen molar-refractivity contribution in [3.63, 3.8) is 0 Å². The Hall–Kier alpha value is -0.606. The van der Waals surface area contributed by atoms with Crippen LogP contribution in [0.25, 0.3) is 10.1 Å². The molecule has 3 aromatic rings. The third-order valence-electron chi connectivity index (χ3n) is 2.85. The first-order chi connectivity index (χ1) is 8.75. The molecule has 1 radical (unpaired) electrons. The van der Waals surface area contributed by atoms with Crippen molar-refractivity contribution in [3.05, 3.63) is 70.9 Å². The molecule has 0 spiro atoms. The summed E-state index contributed by atoms with van der Waals surface area (Å²) in [7, 11) is 0. The van der Waals surface area contributed by atoms with Crippen molar-refractivity contribution in [3.8, 4) is 0 Å². The van der Waals surface area contributed by atoms with Gasteiger partial charge in [-0.2, -0.15) is 18.2 Å². The molecule has 1 N–H and O–H groups in total. The fourth-order valence-electron chi connectivity index (χ4n) is 1.92. The minimum Gasteiger partial charge on any atom is -0.395 e. The summed E-state index contributed by atoms with van der Waals surface area (Å²) >= 11 is 1.48. The Labute approximate surface area is 140 Å². The molecule has 0 amide bonds. The van der Waals surface area contributed by atoms with E-state index >= 15 is 0 Å². The van der Waals surface area contributed by atoms with Crippen molar-refractivity contribution in [1.29, 1.82) is 0 Å². The zero-order valence-electron chi connectivity index (χ0n) is 10.0. The molecule has 0 aliphatic rings. The second-order valence-corrected chi connectivity index (χ2v) is 5.15. The molecule has 2 aromatic carbocycles. The zero-order valence-corrected chi connectivity index (χ0v) is 13.7. The van der Waals surface area contributed by atoms with Gasteiger partial charge in [0.1, 0.15) is 0 Å². The maximum Gasteiger partial charge on any atom is 0.0722 e. The first-order valence-electron chi connectivity index (χ1n) is 5.58. The quantitative estimate of drug-likeness (QED) is 0.698. The van der Waals surface area contributed by atoms with Gasteiger partial charge in [-0.05, 0) is 17.5 Å². The predicted octanol–water partition coefficient (Wildman–Crippen LogP) is 3.92. The van der Waals surface area contributed by atoms with E-state index in [-0.39, 0.29) is 38.3 Å². The Kier molecular flexibility index (Phi) is 4.85. The van der Waals surface area contributed by atoms with Gasteiger partial charge in [-0.1, -0.05) is 23.8 Å². The van der Waals surface area contributed by atoms with E-state index in [1.165, 1.54) is 29.5 Å². The number of aliphatic hydroxyl groups is 1. The van der Waals surface area contributed by atoms with Crippen molar-refractivity contribution in [2.45, 2.75) is 6.10 Å². The molecule has 4 heteroatoms. The van der Waals surface area contributed by atoms with E-state index in [0.29, 0.717) is 0 Å². The van der Waals surface area contributed by atoms with E-state index in [9.17, 15) is 9.50 Å². The van der Waals surface area contributed by atoms with Crippen LogP contribution in [0.2, 0.25) is 0 Å². The van der Waals surface area contributed by atoms with Crippen LogP contribution in [0.15, 0.2) is 48.5 Å². The number of aliphatic hydroxyl groups excluding tert-OH is 1. The van der Waals surface area contributed by atoms with Crippen LogP contribution < -0.4 is 0 Å². The summed E-state index contributed by atoms with van der Waals surface area (Å²) in [6, 6.07) is 16.9. The maximum absolute atomic E-state index is 13.6. The van der Waals surface area contributed by atoms with Gasteiger partial charge in [0.2, 0.25) is 0 Å². The van der Waals surface area contributed by atoms with Gasteiger partial charge in [0.15, 0.2) is 0 Å². The largest absolute Gasteiger partial charge is 0.395 e. The second-order valence-electron chi connectivity index (χ2n) is 4.04. The van der Waals surface area contributed by atoms with E-state index in [4.69, 9.17) is 0 Å². The second kappa shape index (κ2) is 6.23. The normalized spacial score (nSPS) is 12.1. The van der Waals surface area contributed by atoms with Crippen molar-refractivity contribution in [2.75, 3.05) is 0 Å². The van der Waals surface area contributed by atoms with Crippen LogP contribution in [0.3, 0.4) is 0 Å². The SMILES string of the molecule is OC(c1cc2ccccc2s1)c1c[c-]ccc1F.[Y]. The van der Waals surface area contributed by atoms with Crippen molar-refractivity contribution in [1.82, 2.24) is 0 Å². The Morgan fingerprint density at radius 3 is 2.74 bits per heavy atom. The van der Waals surface area contributed by atoms with Crippen LogP contribution in [-0.2, 0) is 32.7 Å². The molecule has 0 saturated carbocycles. The molecule has 19 heavy (non-hydrogen) atoms. The van der Waals surface area contributed by atoms with Gasteiger partial charge in [-0.15, -0.1) is 17.4 Å². The van der Waals surface area contributed by atoms with Crippen LogP contribution in [0, 0.1) is 11.9 Å². The number of fused-ring (bicyclic) bond motifs is 1. The van der Waals surface area contributed by atoms with E-state index in [2.05, 4.69) is 6.07 Å². The summed E-state index contributed by atoms with van der Waals surface area (Å²) in [5, 5.41) is 11.3. The number of hydrogen-bond donors (Lipinski definition) is 1. The summed E-state index contributed by atoms with van der Waals surface area (Å²) < 4.78 is 14.7. The average Bonchev–Trinajstić information content (AvgIpc) is 2.82. The van der Waals surface area contributed by atoms with Crippen LogP contribution in [0.4, 0.5) is 4.39 Å². The Morgan fingerprint density at radius 1 is 1.21 bits per heavy atom. The molecule has 0 aliphatic carbocycles. The molecule has 1 unspecified atom stereocenters. The van der Waals surface area contributed by atoms with E-state index in [0.717, 1.165) is 15.0 Å². The van der Waals surface area contributed by atoms with E-state index < -0.39 is 11.9 Å². The number of halogens is 1.